The second-order valence-corrected chi connectivity index (χ2v) is 7.43. The predicted octanol–water partition coefficient (Wildman–Crippen LogP) is 1.99. The fraction of sp³-hybridized carbons (Fsp3) is 0.625. The van der Waals surface area contributed by atoms with Crippen LogP contribution in [0.2, 0.25) is 0 Å². The van der Waals surface area contributed by atoms with E-state index in [2.05, 4.69) is 32.3 Å². The lowest BCUT2D eigenvalue weighted by Crippen LogP contribution is -2.52. The van der Waals surface area contributed by atoms with E-state index in [-0.39, 0.29) is 12.1 Å². The number of hydrogen-bond donors (Lipinski definition) is 1. The molecule has 8 nitrogen and oxygen atoms in total. The zero-order valence-corrected chi connectivity index (χ0v) is 15.7. The van der Waals surface area contributed by atoms with Crippen molar-refractivity contribution in [3.63, 3.8) is 0 Å². The van der Waals surface area contributed by atoms with Crippen LogP contribution < -0.4 is 5.32 Å². The average molecular weight is 364 g/mol. The highest BCUT2D eigenvalue weighted by Gasteiger charge is 2.27. The molecule has 2 aromatic heterocycles. The normalized spacial score (nSPS) is 16.8. The van der Waals surface area contributed by atoms with Crippen molar-refractivity contribution >= 4 is 17.4 Å². The summed E-state index contributed by atoms with van der Waals surface area (Å²) in [7, 11) is 0. The Morgan fingerprint density at radius 1 is 1.40 bits per heavy atom. The number of rotatable bonds is 5. The Morgan fingerprint density at radius 2 is 2.16 bits per heavy atom. The third-order valence-electron chi connectivity index (χ3n) is 4.39. The second kappa shape index (κ2) is 7.92. The van der Waals surface area contributed by atoms with Crippen LogP contribution in [0.5, 0.6) is 0 Å². The molecule has 136 valence electrons. The van der Waals surface area contributed by atoms with Gasteiger partial charge in [-0.25, -0.2) is 9.78 Å². The van der Waals surface area contributed by atoms with Crippen molar-refractivity contribution in [2.45, 2.75) is 39.8 Å². The van der Waals surface area contributed by atoms with Crippen LogP contribution >= 0.6 is 11.3 Å². The van der Waals surface area contributed by atoms with Gasteiger partial charge in [0.1, 0.15) is 0 Å². The number of thiazole rings is 1. The highest BCUT2D eigenvalue weighted by Crippen LogP contribution is 2.20. The van der Waals surface area contributed by atoms with E-state index >= 15 is 0 Å². The first-order valence-corrected chi connectivity index (χ1v) is 9.39. The maximum Gasteiger partial charge on any atom is 0.317 e. The number of piperazine rings is 1. The number of hydrogen-bond acceptors (Lipinski definition) is 7. The molecule has 1 saturated heterocycles. The van der Waals surface area contributed by atoms with Crippen molar-refractivity contribution < 1.29 is 9.32 Å². The van der Waals surface area contributed by atoms with Gasteiger partial charge in [-0.15, -0.1) is 11.3 Å². The summed E-state index contributed by atoms with van der Waals surface area (Å²) in [5, 5.41) is 7.94. The lowest BCUT2D eigenvalue weighted by Gasteiger charge is -2.36. The molecule has 3 rings (SSSR count). The van der Waals surface area contributed by atoms with E-state index in [0.717, 1.165) is 35.2 Å². The first-order valence-electron chi connectivity index (χ1n) is 8.57. The Hall–Kier alpha value is -2.00. The van der Waals surface area contributed by atoms with Crippen LogP contribution in [0, 0.1) is 6.92 Å². The number of urea groups is 1. The van der Waals surface area contributed by atoms with Crippen LogP contribution in [0.1, 0.15) is 41.5 Å². The van der Waals surface area contributed by atoms with E-state index in [0.29, 0.717) is 25.5 Å². The van der Waals surface area contributed by atoms with Gasteiger partial charge >= 0.3 is 6.03 Å². The van der Waals surface area contributed by atoms with Crippen molar-refractivity contribution in [3.05, 3.63) is 27.8 Å². The van der Waals surface area contributed by atoms with E-state index < -0.39 is 0 Å². The van der Waals surface area contributed by atoms with Crippen LogP contribution in [0.25, 0.3) is 0 Å². The zero-order valence-electron chi connectivity index (χ0n) is 14.9. The van der Waals surface area contributed by atoms with Crippen molar-refractivity contribution in [1.29, 1.82) is 0 Å². The second-order valence-electron chi connectivity index (χ2n) is 6.11. The van der Waals surface area contributed by atoms with Crippen LogP contribution in [0.4, 0.5) is 4.79 Å². The van der Waals surface area contributed by atoms with Crippen LogP contribution in [0.15, 0.2) is 10.7 Å². The summed E-state index contributed by atoms with van der Waals surface area (Å²) in [6, 6.07) is 0.0441. The predicted molar refractivity (Wildman–Crippen MR) is 94.3 cm³/mol. The maximum atomic E-state index is 12.3. The molecule has 0 bridgehead atoms. The van der Waals surface area contributed by atoms with E-state index in [1.165, 1.54) is 0 Å². The smallest absolute Gasteiger partial charge is 0.317 e. The molecule has 1 atom stereocenters. The van der Waals surface area contributed by atoms with Gasteiger partial charge in [-0.1, -0.05) is 12.1 Å². The van der Waals surface area contributed by atoms with Crippen LogP contribution in [-0.4, -0.2) is 57.1 Å². The van der Waals surface area contributed by atoms with Gasteiger partial charge in [0.25, 0.3) is 0 Å². The third kappa shape index (κ3) is 4.35. The minimum absolute atomic E-state index is 0.0237. The van der Waals surface area contributed by atoms with E-state index in [1.54, 1.807) is 11.3 Å². The Bertz CT molecular complexity index is 707. The maximum absolute atomic E-state index is 12.3. The molecule has 1 fully saturated rings. The van der Waals surface area contributed by atoms with Gasteiger partial charge < -0.3 is 14.7 Å². The van der Waals surface area contributed by atoms with Crippen LogP contribution in [0.3, 0.4) is 0 Å². The molecule has 2 aromatic rings. The monoisotopic (exact) mass is 364 g/mol. The topological polar surface area (TPSA) is 87.4 Å². The van der Waals surface area contributed by atoms with E-state index in [4.69, 9.17) is 4.52 Å². The number of aromatic nitrogens is 3. The largest absolute Gasteiger partial charge is 0.338 e. The number of carbonyl (C=O) groups excluding carboxylic acids is 1. The van der Waals surface area contributed by atoms with Gasteiger partial charge in [-0.05, 0) is 13.8 Å². The first kappa shape index (κ1) is 17.8. The molecule has 1 aliphatic heterocycles. The Kier molecular flexibility index (Phi) is 5.64. The molecule has 1 unspecified atom stereocenters. The van der Waals surface area contributed by atoms with Gasteiger partial charge in [0.2, 0.25) is 5.89 Å². The molecule has 2 amide bonds. The SMILES string of the molecule is CCc1noc(C(C)N2CCN(C(=O)NCc3cnc(C)s3)CC2)n1. The first-order chi connectivity index (χ1) is 12.1. The summed E-state index contributed by atoms with van der Waals surface area (Å²) in [5.41, 5.74) is 0. The Morgan fingerprint density at radius 3 is 2.76 bits per heavy atom. The lowest BCUT2D eigenvalue weighted by molar-refractivity contribution is 0.1000. The van der Waals surface area contributed by atoms with Crippen molar-refractivity contribution in [2.75, 3.05) is 26.2 Å². The summed E-state index contributed by atoms with van der Waals surface area (Å²) < 4.78 is 5.33. The molecule has 0 radical (unpaired) electrons. The van der Waals surface area contributed by atoms with Gasteiger partial charge in [-0.3, -0.25) is 4.90 Å². The van der Waals surface area contributed by atoms with Gasteiger partial charge in [0.05, 0.1) is 17.6 Å². The van der Waals surface area contributed by atoms with E-state index in [1.807, 2.05) is 24.9 Å². The quantitative estimate of drug-likeness (QED) is 0.873. The van der Waals surface area contributed by atoms with Gasteiger partial charge in [0.15, 0.2) is 5.82 Å². The Balaban J connectivity index is 1.46. The van der Waals surface area contributed by atoms with Gasteiger partial charge in [0, 0.05) is 43.7 Å². The highest BCUT2D eigenvalue weighted by molar-refractivity contribution is 7.11. The number of aryl methyl sites for hydroxylation is 2. The number of nitrogens with one attached hydrogen (secondary N) is 1. The summed E-state index contributed by atoms with van der Waals surface area (Å²) in [6.45, 7) is 9.51. The standard InChI is InChI=1S/C16H24N6O2S/c1-4-14-19-15(24-20-14)11(2)21-5-7-22(8-6-21)16(23)18-10-13-9-17-12(3)25-13/h9,11H,4-8,10H2,1-3H3,(H,18,23). The molecule has 1 aliphatic rings. The minimum atomic E-state index is -0.0237. The number of nitrogens with zero attached hydrogens (tertiary/aromatic N) is 5. The molecule has 1 N–H and O–H groups in total. The van der Waals surface area contributed by atoms with Crippen molar-refractivity contribution in [2.24, 2.45) is 0 Å². The fourth-order valence-electron chi connectivity index (χ4n) is 2.81. The molecule has 0 aliphatic carbocycles. The fourth-order valence-corrected chi connectivity index (χ4v) is 3.55. The molecule has 25 heavy (non-hydrogen) atoms. The van der Waals surface area contributed by atoms with Crippen molar-refractivity contribution in [3.8, 4) is 0 Å². The number of carbonyl (C=O) groups is 1. The summed E-state index contributed by atoms with van der Waals surface area (Å²) >= 11 is 1.61. The third-order valence-corrected chi connectivity index (χ3v) is 5.30. The molecule has 3 heterocycles. The van der Waals surface area contributed by atoms with Crippen molar-refractivity contribution in [1.82, 2.24) is 30.2 Å². The zero-order chi connectivity index (χ0) is 17.8. The Labute approximate surface area is 151 Å². The molecule has 0 saturated carbocycles. The van der Waals surface area contributed by atoms with Gasteiger partial charge in [-0.2, -0.15) is 4.98 Å². The summed E-state index contributed by atoms with van der Waals surface area (Å²) in [4.78, 5) is 26.1. The minimum Gasteiger partial charge on any atom is -0.338 e. The average Bonchev–Trinajstić information content (AvgIpc) is 3.28. The summed E-state index contributed by atoms with van der Waals surface area (Å²) in [5.74, 6) is 1.38. The molecule has 0 spiro atoms. The molecule has 0 aromatic carbocycles. The van der Waals surface area contributed by atoms with Crippen LogP contribution in [-0.2, 0) is 13.0 Å². The molecular weight excluding hydrogens is 340 g/mol. The molecule has 9 heteroatoms. The highest BCUT2D eigenvalue weighted by atomic mass is 32.1. The summed E-state index contributed by atoms with van der Waals surface area (Å²) in [6.07, 6.45) is 2.58. The number of amides is 2. The molecular formula is C16H24N6O2S. The lowest BCUT2D eigenvalue weighted by atomic mass is 10.2. The van der Waals surface area contributed by atoms with E-state index in [9.17, 15) is 4.79 Å².